The van der Waals surface area contributed by atoms with Crippen LogP contribution in [-0.4, -0.2) is 26.0 Å². The van der Waals surface area contributed by atoms with E-state index in [1.54, 1.807) is 0 Å². The van der Waals surface area contributed by atoms with Gasteiger partial charge in [-0.05, 0) is 113 Å². The highest BCUT2D eigenvalue weighted by molar-refractivity contribution is 6.74. The topological polar surface area (TPSA) is 39.7 Å². The summed E-state index contributed by atoms with van der Waals surface area (Å²) in [5.41, 5.74) is 22.1. The third-order valence-electron chi connectivity index (χ3n) is 15.2. The molecule has 2 aliphatic rings. The van der Waals surface area contributed by atoms with Gasteiger partial charge in [0.2, 0.25) is 0 Å². The molecule has 0 atom stereocenters. The fraction of sp³-hybridized carbons (Fsp3) is 0.169. The highest BCUT2D eigenvalue weighted by Crippen LogP contribution is 2.50. The summed E-state index contributed by atoms with van der Waals surface area (Å²) in [4.78, 5) is 5.33. The molecule has 0 spiro atoms. The van der Waals surface area contributed by atoms with Gasteiger partial charge in [-0.1, -0.05) is 136 Å². The predicted octanol–water partition coefficient (Wildman–Crippen LogP) is 13.2. The second-order valence-corrected chi connectivity index (χ2v) is 20.1. The SMILES string of the molecule is Cc1ccc(Nc2ccccc2-c2cc(-n3c4ccccc4c4ccccc43)c3c4cc5c(cc4n4c3c2Bc2cc3nc(-c6ccccc6)n(C)c3cc2-4)C(C)(C)CCC5(C)C)cc1. The Balaban J connectivity index is 1.21. The van der Waals surface area contributed by atoms with Crippen LogP contribution in [0.2, 0.25) is 0 Å². The van der Waals surface area contributed by atoms with Crippen molar-refractivity contribution in [2.75, 3.05) is 5.32 Å². The van der Waals surface area contributed by atoms with Gasteiger partial charge in [0.1, 0.15) is 5.82 Å². The minimum Gasteiger partial charge on any atom is -0.355 e. The summed E-state index contributed by atoms with van der Waals surface area (Å²) < 4.78 is 7.50. The molecule has 0 saturated carbocycles. The van der Waals surface area contributed by atoms with E-state index in [1.165, 1.54) is 93.7 Å². The third-order valence-corrected chi connectivity index (χ3v) is 15.2. The third kappa shape index (κ3) is 5.56. The molecule has 8 aromatic carbocycles. The summed E-state index contributed by atoms with van der Waals surface area (Å²) >= 11 is 0. The monoisotopic (exact) mass is 839 g/mol. The summed E-state index contributed by atoms with van der Waals surface area (Å²) in [5.74, 6) is 0.978. The van der Waals surface area contributed by atoms with E-state index in [1.807, 2.05) is 0 Å². The molecular weight excluding hydrogens is 789 g/mol. The zero-order valence-electron chi connectivity index (χ0n) is 37.9. The Bertz CT molecular complexity index is 3730. The smallest absolute Gasteiger partial charge is 0.198 e. The maximum absolute atomic E-state index is 5.33. The lowest BCUT2D eigenvalue weighted by Gasteiger charge is -2.42. The van der Waals surface area contributed by atoms with Gasteiger partial charge in [-0.3, -0.25) is 0 Å². The Hall–Kier alpha value is -7.31. The summed E-state index contributed by atoms with van der Waals surface area (Å²) in [7, 11) is 2.94. The Kier molecular flexibility index (Phi) is 7.99. The van der Waals surface area contributed by atoms with E-state index in [0.717, 1.165) is 53.9 Å². The Morgan fingerprint density at radius 3 is 1.94 bits per heavy atom. The number of aromatic nitrogens is 4. The van der Waals surface area contributed by atoms with Gasteiger partial charge in [0.05, 0.1) is 38.8 Å². The van der Waals surface area contributed by atoms with Crippen LogP contribution in [0.4, 0.5) is 11.4 Å². The molecule has 65 heavy (non-hydrogen) atoms. The van der Waals surface area contributed by atoms with Gasteiger partial charge >= 0.3 is 0 Å². The molecule has 1 N–H and O–H groups in total. The lowest BCUT2D eigenvalue weighted by Crippen LogP contribution is -2.37. The summed E-state index contributed by atoms with van der Waals surface area (Å²) in [6.07, 6.45) is 2.31. The number of imidazole rings is 1. The molecule has 13 rings (SSSR count). The summed E-state index contributed by atoms with van der Waals surface area (Å²) in [6, 6.07) is 58.7. The number of fused-ring (bicyclic) bond motifs is 10. The molecular formula is C59H50BN5. The van der Waals surface area contributed by atoms with Crippen molar-refractivity contribution in [1.82, 2.24) is 18.7 Å². The van der Waals surface area contributed by atoms with E-state index in [9.17, 15) is 0 Å². The van der Waals surface area contributed by atoms with Crippen molar-refractivity contribution in [3.8, 4) is 33.9 Å². The fourth-order valence-electron chi connectivity index (χ4n) is 11.6. The molecule has 5 nitrogen and oxygen atoms in total. The van der Waals surface area contributed by atoms with Crippen LogP contribution >= 0.6 is 0 Å². The quantitative estimate of drug-likeness (QED) is 0.175. The van der Waals surface area contributed by atoms with Crippen LogP contribution in [0.15, 0.2) is 158 Å². The van der Waals surface area contributed by atoms with Crippen molar-refractivity contribution in [1.29, 1.82) is 0 Å². The van der Waals surface area contributed by atoms with Crippen LogP contribution in [0.25, 0.3) is 88.5 Å². The number of aryl methyl sites for hydroxylation is 2. The van der Waals surface area contributed by atoms with E-state index in [-0.39, 0.29) is 10.8 Å². The number of benzene rings is 8. The molecule has 11 aromatic rings. The van der Waals surface area contributed by atoms with Crippen molar-refractivity contribution < 1.29 is 0 Å². The zero-order chi connectivity index (χ0) is 43.9. The highest BCUT2D eigenvalue weighted by atomic mass is 15.1. The number of hydrogen-bond acceptors (Lipinski definition) is 2. The standard InChI is InChI=1S/C59H50BN5/c1-35-24-26-37(27-25-35)61-46-21-13-10-18-38(46)41-31-53(64-48-22-14-11-19-39(48)40-20-12-15-23-49(40)64)54-42-30-43-44(59(4,5)29-28-58(43,2)3)32-50(42)65-51-34-52-47(33-45(51)60-55(41)56(54)65)62-57(63(52)6)36-16-8-7-9-17-36/h7-27,30-34,60-61H,28-29H2,1-6H3. The fourth-order valence-corrected chi connectivity index (χ4v) is 11.6. The van der Waals surface area contributed by atoms with Gasteiger partial charge in [-0.2, -0.15) is 0 Å². The molecule has 1 aliphatic carbocycles. The van der Waals surface area contributed by atoms with Crippen LogP contribution in [0, 0.1) is 6.92 Å². The number of hydrogen-bond donors (Lipinski definition) is 1. The molecule has 4 heterocycles. The molecule has 0 unspecified atom stereocenters. The van der Waals surface area contributed by atoms with Crippen LogP contribution in [0.1, 0.15) is 57.2 Å². The van der Waals surface area contributed by atoms with Gasteiger partial charge in [0.25, 0.3) is 0 Å². The molecule has 0 fully saturated rings. The molecule has 6 heteroatoms. The van der Waals surface area contributed by atoms with Crippen molar-refractivity contribution in [3.63, 3.8) is 0 Å². The van der Waals surface area contributed by atoms with E-state index in [0.29, 0.717) is 0 Å². The van der Waals surface area contributed by atoms with Crippen molar-refractivity contribution in [2.45, 2.75) is 58.3 Å². The molecule has 0 bridgehead atoms. The maximum Gasteiger partial charge on any atom is 0.198 e. The number of rotatable bonds is 5. The zero-order valence-corrected chi connectivity index (χ0v) is 37.9. The summed E-state index contributed by atoms with van der Waals surface area (Å²) in [6.45, 7) is 12.0. The second kappa shape index (κ2) is 13.6. The van der Waals surface area contributed by atoms with Gasteiger partial charge in [0, 0.05) is 56.8 Å². The van der Waals surface area contributed by atoms with Gasteiger partial charge in [-0.25, -0.2) is 4.98 Å². The van der Waals surface area contributed by atoms with Crippen molar-refractivity contribution in [2.24, 2.45) is 7.05 Å². The minimum absolute atomic E-state index is 0.0358. The van der Waals surface area contributed by atoms with Crippen molar-refractivity contribution in [3.05, 3.63) is 174 Å². The summed E-state index contributed by atoms with van der Waals surface area (Å²) in [5, 5.41) is 9.00. The van der Waals surface area contributed by atoms with Crippen LogP contribution in [-0.2, 0) is 17.9 Å². The lowest BCUT2D eigenvalue weighted by molar-refractivity contribution is 0.332. The second-order valence-electron chi connectivity index (χ2n) is 20.1. The average molecular weight is 840 g/mol. The highest BCUT2D eigenvalue weighted by Gasteiger charge is 2.39. The minimum atomic E-state index is 0.0358. The van der Waals surface area contributed by atoms with Crippen LogP contribution in [0.3, 0.4) is 0 Å². The van der Waals surface area contributed by atoms with E-state index in [2.05, 4.69) is 218 Å². The lowest BCUT2D eigenvalue weighted by atomic mass is 9.59. The number of nitrogens with one attached hydrogen (secondary N) is 1. The number of para-hydroxylation sites is 3. The Labute approximate surface area is 380 Å². The Morgan fingerprint density at radius 1 is 0.569 bits per heavy atom. The van der Waals surface area contributed by atoms with E-state index >= 15 is 0 Å². The van der Waals surface area contributed by atoms with Gasteiger partial charge in [0.15, 0.2) is 7.28 Å². The van der Waals surface area contributed by atoms with Gasteiger partial charge in [-0.15, -0.1) is 0 Å². The normalized spacial score (nSPS) is 14.9. The number of nitrogens with zero attached hydrogens (tertiary/aromatic N) is 4. The largest absolute Gasteiger partial charge is 0.355 e. The average Bonchev–Trinajstić information content (AvgIpc) is 3.96. The molecule has 0 saturated heterocycles. The predicted molar refractivity (Wildman–Crippen MR) is 276 cm³/mol. The first-order valence-corrected chi connectivity index (χ1v) is 23.2. The Morgan fingerprint density at radius 2 is 1.22 bits per heavy atom. The van der Waals surface area contributed by atoms with Gasteiger partial charge < -0.3 is 19.0 Å². The van der Waals surface area contributed by atoms with Crippen molar-refractivity contribution >= 4 is 84.2 Å². The number of anilines is 2. The molecule has 3 aromatic heterocycles. The van der Waals surface area contributed by atoms with Crippen LogP contribution < -0.4 is 16.2 Å². The first-order valence-electron chi connectivity index (χ1n) is 23.2. The maximum atomic E-state index is 5.33. The molecule has 1 aliphatic heterocycles. The molecule has 0 radical (unpaired) electrons. The van der Waals surface area contributed by atoms with E-state index < -0.39 is 0 Å². The first-order chi connectivity index (χ1) is 31.5. The van der Waals surface area contributed by atoms with Crippen LogP contribution in [0.5, 0.6) is 0 Å². The first kappa shape index (κ1) is 38.2. The van der Waals surface area contributed by atoms with E-state index in [4.69, 9.17) is 4.98 Å². The molecule has 314 valence electrons. The molecule has 0 amide bonds.